The van der Waals surface area contributed by atoms with Crippen molar-refractivity contribution in [2.24, 2.45) is 11.7 Å². The molecule has 0 amide bonds. The number of ether oxygens (including phenoxy) is 1. The van der Waals surface area contributed by atoms with Gasteiger partial charge in [0.05, 0.1) is 12.0 Å². The lowest BCUT2D eigenvalue weighted by molar-refractivity contribution is 0.344. The highest BCUT2D eigenvalue weighted by Gasteiger charge is 2.31. The van der Waals surface area contributed by atoms with Crippen LogP contribution in [0.2, 0.25) is 0 Å². The number of methoxy groups -OCH3 is 1. The van der Waals surface area contributed by atoms with Crippen LogP contribution in [0.4, 0.5) is 0 Å². The number of nitrogens with one attached hydrogen (secondary N) is 1. The Morgan fingerprint density at radius 3 is 2.45 bits per heavy atom. The van der Waals surface area contributed by atoms with Gasteiger partial charge >= 0.3 is 0 Å². The zero-order valence-electron chi connectivity index (χ0n) is 13.2. The summed E-state index contributed by atoms with van der Waals surface area (Å²) in [6.07, 6.45) is 0.657. The lowest BCUT2D eigenvalue weighted by atomic mass is 9.92. The fourth-order valence-electron chi connectivity index (χ4n) is 2.26. The second-order valence-electron chi connectivity index (χ2n) is 5.76. The topological polar surface area (TPSA) is 81.4 Å². The Morgan fingerprint density at radius 2 is 2.00 bits per heavy atom. The second kappa shape index (κ2) is 8.49. The summed E-state index contributed by atoms with van der Waals surface area (Å²) in [5.41, 5.74) is 5.09. The Bertz CT molecular complexity index is 596. The highest BCUT2D eigenvalue weighted by atomic mass is 79.9. The predicted octanol–water partition coefficient (Wildman–Crippen LogP) is 2.92. The van der Waals surface area contributed by atoms with Crippen LogP contribution in [0.25, 0.3) is 0 Å². The van der Waals surface area contributed by atoms with E-state index in [9.17, 15) is 8.42 Å². The summed E-state index contributed by atoms with van der Waals surface area (Å²) in [6, 6.07) is 4.83. The van der Waals surface area contributed by atoms with Crippen LogP contribution < -0.4 is 15.2 Å². The van der Waals surface area contributed by atoms with E-state index in [0.717, 1.165) is 0 Å². The molecule has 0 bridgehead atoms. The number of nitrogens with two attached hydrogens (primary N) is 1. The molecule has 128 valence electrons. The van der Waals surface area contributed by atoms with Crippen LogP contribution in [-0.2, 0) is 10.0 Å². The van der Waals surface area contributed by atoms with E-state index >= 15 is 0 Å². The number of benzene rings is 1. The van der Waals surface area contributed by atoms with E-state index in [-0.39, 0.29) is 23.8 Å². The first kappa shape index (κ1) is 21.7. The summed E-state index contributed by atoms with van der Waals surface area (Å²) in [7, 11) is -2.20. The Morgan fingerprint density at radius 1 is 1.41 bits per heavy atom. The van der Waals surface area contributed by atoms with Gasteiger partial charge in [0.15, 0.2) is 0 Å². The molecular weight excluding hydrogens is 392 g/mol. The first-order valence-electron chi connectivity index (χ1n) is 6.71. The molecule has 0 heterocycles. The molecular formula is C14H24BrClN2O3S. The molecule has 0 aliphatic carbocycles. The molecule has 1 atom stereocenters. The van der Waals surface area contributed by atoms with E-state index in [1.165, 1.54) is 13.2 Å². The summed E-state index contributed by atoms with van der Waals surface area (Å²) in [6.45, 7) is 6.11. The van der Waals surface area contributed by atoms with Gasteiger partial charge < -0.3 is 10.5 Å². The number of rotatable bonds is 7. The van der Waals surface area contributed by atoms with E-state index in [2.05, 4.69) is 20.7 Å². The lowest BCUT2D eigenvalue weighted by Crippen LogP contribution is -2.52. The highest BCUT2D eigenvalue weighted by Crippen LogP contribution is 2.28. The Hall–Kier alpha value is -0.340. The largest absolute Gasteiger partial charge is 0.497 e. The van der Waals surface area contributed by atoms with Crippen LogP contribution in [0.3, 0.4) is 0 Å². The third kappa shape index (κ3) is 5.70. The van der Waals surface area contributed by atoms with Crippen molar-refractivity contribution in [3.8, 4) is 5.75 Å². The zero-order valence-corrected chi connectivity index (χ0v) is 16.4. The second-order valence-corrected chi connectivity index (χ2v) is 8.27. The molecule has 0 fully saturated rings. The third-order valence-electron chi connectivity index (χ3n) is 3.12. The van der Waals surface area contributed by atoms with E-state index in [1.807, 2.05) is 20.8 Å². The average Bonchev–Trinajstić information content (AvgIpc) is 2.37. The monoisotopic (exact) mass is 414 g/mol. The molecule has 0 saturated heterocycles. The molecule has 0 aliphatic heterocycles. The van der Waals surface area contributed by atoms with E-state index < -0.39 is 15.6 Å². The average molecular weight is 416 g/mol. The quantitative estimate of drug-likeness (QED) is 0.717. The van der Waals surface area contributed by atoms with Crippen LogP contribution in [0, 0.1) is 5.92 Å². The Balaban J connectivity index is 0.00000441. The molecule has 3 N–H and O–H groups in total. The molecule has 0 aromatic heterocycles. The summed E-state index contributed by atoms with van der Waals surface area (Å²) in [5, 5.41) is 0. The van der Waals surface area contributed by atoms with Gasteiger partial charge in [0, 0.05) is 22.6 Å². The van der Waals surface area contributed by atoms with Gasteiger partial charge in [0.25, 0.3) is 0 Å². The van der Waals surface area contributed by atoms with Crippen LogP contribution in [0.1, 0.15) is 27.2 Å². The van der Waals surface area contributed by atoms with Crippen molar-refractivity contribution in [3.63, 3.8) is 0 Å². The maximum Gasteiger partial charge on any atom is 0.242 e. The first-order chi connectivity index (χ1) is 9.63. The molecule has 8 heteroatoms. The van der Waals surface area contributed by atoms with Crippen molar-refractivity contribution < 1.29 is 13.2 Å². The number of sulfonamides is 1. The smallest absolute Gasteiger partial charge is 0.242 e. The van der Waals surface area contributed by atoms with Crippen LogP contribution in [0.15, 0.2) is 27.6 Å². The molecule has 1 unspecified atom stereocenters. The van der Waals surface area contributed by atoms with Gasteiger partial charge in [-0.15, -0.1) is 12.4 Å². The van der Waals surface area contributed by atoms with Crippen molar-refractivity contribution in [2.45, 2.75) is 37.6 Å². The maximum absolute atomic E-state index is 12.6. The molecule has 1 aromatic rings. The molecule has 1 rings (SSSR count). The van der Waals surface area contributed by atoms with Crippen molar-refractivity contribution in [1.82, 2.24) is 4.72 Å². The van der Waals surface area contributed by atoms with Gasteiger partial charge in [0.1, 0.15) is 5.75 Å². The first-order valence-corrected chi connectivity index (χ1v) is 8.99. The third-order valence-corrected chi connectivity index (χ3v) is 5.75. The number of hydrogen-bond donors (Lipinski definition) is 2. The van der Waals surface area contributed by atoms with Crippen molar-refractivity contribution in [1.29, 1.82) is 0 Å². The van der Waals surface area contributed by atoms with Gasteiger partial charge in [-0.2, -0.15) is 0 Å². The maximum atomic E-state index is 12.6. The standard InChI is InChI=1S/C14H23BrN2O3S.ClH/c1-10(2)8-14(3,9-16)17-21(18,19)13-7-11(20-4)5-6-12(13)15;/h5-7,10,17H,8-9,16H2,1-4H3;1H. The fraction of sp³-hybridized carbons (Fsp3) is 0.571. The van der Waals surface area contributed by atoms with Crippen LogP contribution in [-0.4, -0.2) is 27.6 Å². The molecule has 0 saturated carbocycles. The zero-order chi connectivity index (χ0) is 16.3. The molecule has 0 spiro atoms. The minimum Gasteiger partial charge on any atom is -0.497 e. The van der Waals surface area contributed by atoms with Crippen molar-refractivity contribution in [2.75, 3.05) is 13.7 Å². The van der Waals surface area contributed by atoms with Gasteiger partial charge in [-0.3, -0.25) is 0 Å². The number of halogens is 2. The van der Waals surface area contributed by atoms with E-state index in [1.54, 1.807) is 12.1 Å². The summed E-state index contributed by atoms with van der Waals surface area (Å²) >= 11 is 3.27. The van der Waals surface area contributed by atoms with E-state index in [0.29, 0.717) is 22.6 Å². The van der Waals surface area contributed by atoms with Crippen molar-refractivity contribution in [3.05, 3.63) is 22.7 Å². The molecule has 1 aromatic carbocycles. The normalized spacial score (nSPS) is 14.3. The van der Waals surface area contributed by atoms with Crippen LogP contribution in [0.5, 0.6) is 5.75 Å². The lowest BCUT2D eigenvalue weighted by Gasteiger charge is -2.31. The van der Waals surface area contributed by atoms with Gasteiger partial charge in [-0.25, -0.2) is 13.1 Å². The summed E-state index contributed by atoms with van der Waals surface area (Å²) in [4.78, 5) is 0.144. The molecule has 5 nitrogen and oxygen atoms in total. The highest BCUT2D eigenvalue weighted by molar-refractivity contribution is 9.10. The molecule has 22 heavy (non-hydrogen) atoms. The Labute approximate surface area is 147 Å². The van der Waals surface area contributed by atoms with Gasteiger partial charge in [-0.05, 0) is 47.3 Å². The number of hydrogen-bond acceptors (Lipinski definition) is 4. The predicted molar refractivity (Wildman–Crippen MR) is 95.2 cm³/mol. The minimum atomic E-state index is -3.70. The summed E-state index contributed by atoms with van der Waals surface area (Å²) < 4.78 is 33.5. The fourth-order valence-corrected chi connectivity index (χ4v) is 4.67. The Kier molecular flexibility index (Phi) is 8.36. The van der Waals surface area contributed by atoms with Crippen molar-refractivity contribution >= 4 is 38.4 Å². The van der Waals surface area contributed by atoms with Gasteiger partial charge in [-0.1, -0.05) is 13.8 Å². The van der Waals surface area contributed by atoms with E-state index in [4.69, 9.17) is 10.5 Å². The molecule has 0 aliphatic rings. The van der Waals surface area contributed by atoms with Gasteiger partial charge in [0.2, 0.25) is 10.0 Å². The molecule has 0 radical (unpaired) electrons. The SMILES string of the molecule is COc1ccc(Br)c(S(=O)(=O)NC(C)(CN)CC(C)C)c1.Cl. The van der Waals surface area contributed by atoms with Crippen LogP contribution >= 0.6 is 28.3 Å². The summed E-state index contributed by atoms with van der Waals surface area (Å²) in [5.74, 6) is 0.812. The minimum absolute atomic E-state index is 0.